The van der Waals surface area contributed by atoms with Crippen LogP contribution in [0.5, 0.6) is 0 Å². The Morgan fingerprint density at radius 3 is 2.44 bits per heavy atom. The second-order valence-corrected chi connectivity index (χ2v) is 8.59. The largest absolute Gasteiger partial charge is 0.252 e. The average Bonchev–Trinajstić information content (AvgIpc) is 3.38. The summed E-state index contributed by atoms with van der Waals surface area (Å²) in [6.45, 7) is 12.0. The van der Waals surface area contributed by atoms with Crippen LogP contribution in [-0.4, -0.2) is 34.9 Å². The van der Waals surface area contributed by atoms with Gasteiger partial charge in [-0.3, -0.25) is 0 Å². The summed E-state index contributed by atoms with van der Waals surface area (Å²) < 4.78 is 30.5. The molecule has 4 rings (SSSR count). The van der Waals surface area contributed by atoms with Crippen molar-refractivity contribution in [1.82, 2.24) is 34.9 Å². The van der Waals surface area contributed by atoms with Gasteiger partial charge in [0.2, 0.25) is 0 Å². The molecule has 0 amide bonds. The summed E-state index contributed by atoms with van der Waals surface area (Å²) in [6, 6.07) is 7.25. The van der Waals surface area contributed by atoms with Crippen LogP contribution in [0.15, 0.2) is 61.8 Å². The SMILES string of the molecule is C=C[C@@H](C)c1cc(-c2c(F)cccc2F)nnc1[C@](C)(c1ccnc(-n2cncn2)n1)C(C)C. The van der Waals surface area contributed by atoms with E-state index in [0.717, 1.165) is 5.56 Å². The van der Waals surface area contributed by atoms with Crippen molar-refractivity contribution in [2.24, 2.45) is 5.92 Å². The number of benzene rings is 1. The molecule has 3 heterocycles. The number of nitrogens with zero attached hydrogens (tertiary/aromatic N) is 7. The summed E-state index contributed by atoms with van der Waals surface area (Å²) in [7, 11) is 0. The number of hydrogen-bond acceptors (Lipinski definition) is 6. The molecular weight excluding hydrogens is 436 g/mol. The van der Waals surface area contributed by atoms with E-state index in [4.69, 9.17) is 4.98 Å². The van der Waals surface area contributed by atoms with Gasteiger partial charge in [0, 0.05) is 12.1 Å². The Bertz CT molecular complexity index is 1300. The third-order valence-electron chi connectivity index (χ3n) is 6.33. The molecule has 0 unspecified atom stereocenters. The van der Waals surface area contributed by atoms with Crippen molar-refractivity contribution < 1.29 is 8.78 Å². The number of halogens is 2. The molecule has 0 radical (unpaired) electrons. The van der Waals surface area contributed by atoms with E-state index < -0.39 is 17.0 Å². The van der Waals surface area contributed by atoms with E-state index in [-0.39, 0.29) is 23.1 Å². The maximum absolute atomic E-state index is 14.5. The molecule has 1 aromatic carbocycles. The van der Waals surface area contributed by atoms with Crippen LogP contribution in [0.2, 0.25) is 0 Å². The van der Waals surface area contributed by atoms with Crippen molar-refractivity contribution >= 4 is 0 Å². The molecule has 34 heavy (non-hydrogen) atoms. The maximum atomic E-state index is 14.5. The monoisotopic (exact) mass is 461 g/mol. The molecule has 0 aliphatic heterocycles. The van der Waals surface area contributed by atoms with Crippen molar-refractivity contribution in [3.63, 3.8) is 0 Å². The smallest absolute Gasteiger partial charge is 0.223 e. The van der Waals surface area contributed by atoms with Crippen LogP contribution in [0, 0.1) is 17.6 Å². The lowest BCUT2D eigenvalue weighted by Crippen LogP contribution is -2.34. The summed E-state index contributed by atoms with van der Waals surface area (Å²) >= 11 is 0. The van der Waals surface area contributed by atoms with E-state index in [2.05, 4.69) is 45.7 Å². The van der Waals surface area contributed by atoms with Crippen LogP contribution in [0.4, 0.5) is 8.78 Å². The Hall–Kier alpha value is -3.88. The zero-order valence-electron chi connectivity index (χ0n) is 19.4. The molecule has 0 saturated carbocycles. The minimum Gasteiger partial charge on any atom is -0.223 e. The Morgan fingerprint density at radius 1 is 1.09 bits per heavy atom. The lowest BCUT2D eigenvalue weighted by atomic mass is 9.70. The van der Waals surface area contributed by atoms with Gasteiger partial charge < -0.3 is 0 Å². The second kappa shape index (κ2) is 9.17. The van der Waals surface area contributed by atoms with Crippen molar-refractivity contribution in [3.05, 3.63) is 90.4 Å². The third-order valence-corrected chi connectivity index (χ3v) is 6.33. The summed E-state index contributed by atoms with van der Waals surface area (Å²) in [4.78, 5) is 13.0. The molecule has 9 heteroatoms. The summed E-state index contributed by atoms with van der Waals surface area (Å²) in [5.41, 5.74) is 1.34. The van der Waals surface area contributed by atoms with Gasteiger partial charge in [0.05, 0.1) is 28.1 Å². The Labute approximate surface area is 196 Å². The third kappa shape index (κ3) is 3.98. The van der Waals surface area contributed by atoms with Crippen LogP contribution < -0.4 is 0 Å². The van der Waals surface area contributed by atoms with E-state index >= 15 is 0 Å². The molecule has 0 fully saturated rings. The Kier molecular flexibility index (Phi) is 6.28. The molecule has 7 nitrogen and oxygen atoms in total. The molecule has 0 aliphatic carbocycles. The molecule has 0 aliphatic rings. The first kappa shape index (κ1) is 23.3. The fourth-order valence-electron chi connectivity index (χ4n) is 3.90. The standard InChI is InChI=1S/C25H25F2N7/c1-6-16(4)17-12-20(22-18(26)8-7-9-19(22)27)32-33-23(17)25(5,15(2)3)21-10-11-29-24(31-21)34-14-28-13-30-34/h6-16H,1H2,2-5H3/t16-,25+/m1/s1. The van der Waals surface area contributed by atoms with Crippen LogP contribution in [0.25, 0.3) is 17.2 Å². The van der Waals surface area contributed by atoms with Gasteiger partial charge in [-0.15, -0.1) is 11.7 Å². The molecule has 0 N–H and O–H groups in total. The van der Waals surface area contributed by atoms with Gasteiger partial charge in [0.25, 0.3) is 5.95 Å². The summed E-state index contributed by atoms with van der Waals surface area (Å²) in [5, 5.41) is 12.9. The number of aromatic nitrogens is 7. The van der Waals surface area contributed by atoms with Crippen molar-refractivity contribution in [3.8, 4) is 17.2 Å². The minimum absolute atomic E-state index is 0.0344. The van der Waals surface area contributed by atoms with Crippen molar-refractivity contribution in [2.75, 3.05) is 0 Å². The second-order valence-electron chi connectivity index (χ2n) is 8.59. The zero-order chi connectivity index (χ0) is 24.5. The van der Waals surface area contributed by atoms with Crippen LogP contribution in [0.3, 0.4) is 0 Å². The lowest BCUT2D eigenvalue weighted by molar-refractivity contribution is 0.376. The van der Waals surface area contributed by atoms with Gasteiger partial charge in [0.15, 0.2) is 0 Å². The van der Waals surface area contributed by atoms with Gasteiger partial charge in [-0.2, -0.15) is 14.9 Å². The topological polar surface area (TPSA) is 82.3 Å². The average molecular weight is 462 g/mol. The van der Waals surface area contributed by atoms with Gasteiger partial charge in [-0.05, 0) is 42.7 Å². The highest BCUT2D eigenvalue weighted by Crippen LogP contribution is 2.41. The molecule has 4 aromatic rings. The first-order chi connectivity index (χ1) is 16.3. The molecule has 0 bridgehead atoms. The zero-order valence-corrected chi connectivity index (χ0v) is 19.4. The number of hydrogen-bond donors (Lipinski definition) is 0. The van der Waals surface area contributed by atoms with E-state index in [9.17, 15) is 8.78 Å². The molecule has 3 aromatic heterocycles. The van der Waals surface area contributed by atoms with Crippen molar-refractivity contribution in [1.29, 1.82) is 0 Å². The predicted molar refractivity (Wildman–Crippen MR) is 124 cm³/mol. The van der Waals surface area contributed by atoms with E-state index in [0.29, 0.717) is 17.3 Å². The molecule has 174 valence electrons. The molecular formula is C25H25F2N7. The van der Waals surface area contributed by atoms with Crippen LogP contribution in [-0.2, 0) is 5.41 Å². The predicted octanol–water partition coefficient (Wildman–Crippen LogP) is 5.04. The van der Waals surface area contributed by atoms with E-state index in [1.165, 1.54) is 35.5 Å². The highest BCUT2D eigenvalue weighted by atomic mass is 19.1. The van der Waals surface area contributed by atoms with E-state index in [1.54, 1.807) is 18.3 Å². The first-order valence-electron chi connectivity index (χ1n) is 10.9. The van der Waals surface area contributed by atoms with Gasteiger partial charge in [-0.1, -0.05) is 32.9 Å². The molecule has 2 atom stereocenters. The lowest BCUT2D eigenvalue weighted by Gasteiger charge is -2.35. The van der Waals surface area contributed by atoms with Gasteiger partial charge in [0.1, 0.15) is 24.3 Å². The van der Waals surface area contributed by atoms with Crippen LogP contribution in [0.1, 0.15) is 50.6 Å². The van der Waals surface area contributed by atoms with Crippen molar-refractivity contribution in [2.45, 2.75) is 39.0 Å². The summed E-state index contributed by atoms with van der Waals surface area (Å²) in [6.07, 6.45) is 6.36. The first-order valence-corrected chi connectivity index (χ1v) is 10.9. The normalized spacial score (nSPS) is 14.1. The Morgan fingerprint density at radius 2 is 1.82 bits per heavy atom. The van der Waals surface area contributed by atoms with E-state index in [1.807, 2.05) is 19.9 Å². The fourth-order valence-corrected chi connectivity index (χ4v) is 3.90. The van der Waals surface area contributed by atoms with Gasteiger partial charge >= 0.3 is 0 Å². The highest BCUT2D eigenvalue weighted by Gasteiger charge is 2.39. The maximum Gasteiger partial charge on any atom is 0.252 e. The minimum atomic E-state index is -0.704. The number of rotatable bonds is 7. The number of allylic oxidation sites excluding steroid dienone is 1. The highest BCUT2D eigenvalue weighted by molar-refractivity contribution is 5.62. The van der Waals surface area contributed by atoms with Crippen LogP contribution >= 0.6 is 0 Å². The molecule has 0 spiro atoms. The fraction of sp³-hybridized carbons (Fsp3) is 0.280. The summed E-state index contributed by atoms with van der Waals surface area (Å²) in [5.74, 6) is -1.14. The van der Waals surface area contributed by atoms with Gasteiger partial charge in [-0.25, -0.2) is 23.7 Å². The molecule has 0 saturated heterocycles. The quantitative estimate of drug-likeness (QED) is 0.359. The Balaban J connectivity index is 1.93.